The summed E-state index contributed by atoms with van der Waals surface area (Å²) in [5.74, 6) is 1.43. The van der Waals surface area contributed by atoms with Crippen LogP contribution in [0.25, 0.3) is 10.9 Å². The third-order valence-corrected chi connectivity index (χ3v) is 6.31. The Bertz CT molecular complexity index is 990. The summed E-state index contributed by atoms with van der Waals surface area (Å²) in [5, 5.41) is 10.6. The van der Waals surface area contributed by atoms with Crippen LogP contribution in [0.2, 0.25) is 0 Å². The zero-order chi connectivity index (χ0) is 20.2. The van der Waals surface area contributed by atoms with Crippen molar-refractivity contribution >= 4 is 28.4 Å². The average Bonchev–Trinajstić information content (AvgIpc) is 3.33. The van der Waals surface area contributed by atoms with Crippen LogP contribution in [0.4, 0.5) is 0 Å². The molecule has 3 aromatic rings. The zero-order valence-corrected chi connectivity index (χ0v) is 17.8. The maximum Gasteiger partial charge on any atom is 0.191 e. The van der Waals surface area contributed by atoms with E-state index in [9.17, 15) is 4.79 Å². The van der Waals surface area contributed by atoms with Gasteiger partial charge in [0.15, 0.2) is 10.9 Å². The molecule has 29 heavy (non-hydrogen) atoms. The molecule has 1 aliphatic heterocycles. The van der Waals surface area contributed by atoms with Crippen LogP contribution in [0.3, 0.4) is 0 Å². The molecule has 0 atom stereocenters. The van der Waals surface area contributed by atoms with Crippen LogP contribution in [-0.4, -0.2) is 62.1 Å². The Morgan fingerprint density at radius 1 is 1.14 bits per heavy atom. The number of morpholine rings is 1. The Morgan fingerprint density at radius 2 is 1.93 bits per heavy atom. The van der Waals surface area contributed by atoms with Crippen molar-refractivity contribution in [2.75, 3.05) is 32.1 Å². The van der Waals surface area contributed by atoms with Crippen LogP contribution >= 0.6 is 11.8 Å². The first-order chi connectivity index (χ1) is 14.2. The molecule has 2 aromatic heterocycles. The van der Waals surface area contributed by atoms with Gasteiger partial charge < -0.3 is 13.9 Å². The average molecular weight is 414 g/mol. The van der Waals surface area contributed by atoms with E-state index in [0.29, 0.717) is 5.75 Å². The topological polar surface area (TPSA) is 65.2 Å². The Labute approximate surface area is 175 Å². The number of para-hydroxylation sites is 1. The van der Waals surface area contributed by atoms with Crippen molar-refractivity contribution in [2.24, 2.45) is 0 Å². The van der Waals surface area contributed by atoms with Crippen molar-refractivity contribution in [1.29, 1.82) is 0 Å². The summed E-state index contributed by atoms with van der Waals surface area (Å²) in [6.45, 7) is 9.95. The maximum atomic E-state index is 13.0. The van der Waals surface area contributed by atoms with Gasteiger partial charge in [-0.1, -0.05) is 30.0 Å². The number of Topliss-reactive ketones (excluding diaryl/α,β-unsaturated/α-hetero) is 1. The molecule has 0 bridgehead atoms. The molecule has 154 valence electrons. The lowest BCUT2D eigenvalue weighted by molar-refractivity contribution is 0.0325. The Hall–Kier alpha value is -2.16. The molecule has 0 N–H and O–H groups in total. The molecule has 1 aromatic carbocycles. The van der Waals surface area contributed by atoms with Crippen LogP contribution in [-0.2, 0) is 24.4 Å². The summed E-state index contributed by atoms with van der Waals surface area (Å²) in [6.07, 6.45) is 1.97. The van der Waals surface area contributed by atoms with Crippen molar-refractivity contribution in [3.8, 4) is 0 Å². The van der Waals surface area contributed by atoms with Crippen molar-refractivity contribution < 1.29 is 9.53 Å². The number of thioether (sulfide) groups is 1. The fourth-order valence-corrected chi connectivity index (χ4v) is 4.66. The first-order valence-electron chi connectivity index (χ1n) is 10.2. The molecule has 0 unspecified atom stereocenters. The second-order valence-electron chi connectivity index (χ2n) is 7.09. The van der Waals surface area contributed by atoms with E-state index >= 15 is 0 Å². The SMILES string of the molecule is CCn1c(CN2CCOCC2)nnc1SCC(=O)c1cn(CC)c2ccccc12. The molecule has 4 rings (SSSR count). The van der Waals surface area contributed by atoms with Crippen LogP contribution in [0, 0.1) is 0 Å². The molecule has 0 aliphatic carbocycles. The number of fused-ring (bicyclic) bond motifs is 1. The smallest absolute Gasteiger partial charge is 0.191 e. The number of aromatic nitrogens is 4. The number of nitrogens with zero attached hydrogens (tertiary/aromatic N) is 5. The largest absolute Gasteiger partial charge is 0.379 e. The highest BCUT2D eigenvalue weighted by atomic mass is 32.2. The highest BCUT2D eigenvalue weighted by molar-refractivity contribution is 7.99. The van der Waals surface area contributed by atoms with E-state index in [4.69, 9.17) is 4.74 Å². The normalized spacial score (nSPS) is 15.2. The number of carbonyl (C=O) groups is 1. The molecule has 1 aliphatic rings. The first-order valence-corrected chi connectivity index (χ1v) is 11.2. The predicted molar refractivity (Wildman–Crippen MR) is 114 cm³/mol. The molecule has 0 amide bonds. The molecule has 1 fully saturated rings. The highest BCUT2D eigenvalue weighted by Gasteiger charge is 2.19. The van der Waals surface area contributed by atoms with Gasteiger partial charge in [-0.05, 0) is 19.9 Å². The fraction of sp³-hybridized carbons (Fsp3) is 0.476. The Morgan fingerprint density at radius 3 is 2.69 bits per heavy atom. The van der Waals surface area contributed by atoms with Gasteiger partial charge in [0.1, 0.15) is 5.82 Å². The van der Waals surface area contributed by atoms with Crippen molar-refractivity contribution in [2.45, 2.75) is 38.6 Å². The third kappa shape index (κ3) is 4.24. The van der Waals surface area contributed by atoms with Gasteiger partial charge in [-0.3, -0.25) is 9.69 Å². The second-order valence-corrected chi connectivity index (χ2v) is 8.03. The highest BCUT2D eigenvalue weighted by Crippen LogP contribution is 2.25. The second kappa shape index (κ2) is 9.11. The Balaban J connectivity index is 1.47. The molecule has 0 spiro atoms. The number of carbonyl (C=O) groups excluding carboxylic acids is 1. The van der Waals surface area contributed by atoms with Gasteiger partial charge in [0.05, 0.1) is 25.5 Å². The van der Waals surface area contributed by atoms with Gasteiger partial charge >= 0.3 is 0 Å². The van der Waals surface area contributed by atoms with Gasteiger partial charge in [0.2, 0.25) is 0 Å². The zero-order valence-electron chi connectivity index (χ0n) is 17.0. The fourth-order valence-electron chi connectivity index (χ4n) is 3.76. The minimum atomic E-state index is 0.124. The molecular formula is C21H27N5O2S. The first kappa shape index (κ1) is 20.1. The summed E-state index contributed by atoms with van der Waals surface area (Å²) in [7, 11) is 0. The number of hydrogen-bond acceptors (Lipinski definition) is 6. The van der Waals surface area contributed by atoms with Crippen molar-refractivity contribution in [3.63, 3.8) is 0 Å². The van der Waals surface area contributed by atoms with Crippen LogP contribution in [0.1, 0.15) is 30.0 Å². The molecular weight excluding hydrogens is 386 g/mol. The van der Waals surface area contributed by atoms with Gasteiger partial charge in [0, 0.05) is 48.8 Å². The molecule has 1 saturated heterocycles. The van der Waals surface area contributed by atoms with Crippen molar-refractivity contribution in [3.05, 3.63) is 41.9 Å². The summed E-state index contributed by atoms with van der Waals surface area (Å²) in [4.78, 5) is 15.3. The third-order valence-electron chi connectivity index (χ3n) is 5.34. The van der Waals surface area contributed by atoms with Crippen LogP contribution in [0.15, 0.2) is 35.6 Å². The van der Waals surface area contributed by atoms with E-state index in [2.05, 4.69) is 44.1 Å². The number of hydrogen-bond donors (Lipinski definition) is 0. The van der Waals surface area contributed by atoms with Crippen LogP contribution < -0.4 is 0 Å². The lowest BCUT2D eigenvalue weighted by Gasteiger charge is -2.26. The minimum absolute atomic E-state index is 0.124. The summed E-state index contributed by atoms with van der Waals surface area (Å²) in [6, 6.07) is 8.08. The number of rotatable bonds is 8. The summed E-state index contributed by atoms with van der Waals surface area (Å²) < 4.78 is 9.66. The monoisotopic (exact) mass is 413 g/mol. The molecule has 0 radical (unpaired) electrons. The summed E-state index contributed by atoms with van der Waals surface area (Å²) >= 11 is 1.47. The van der Waals surface area contributed by atoms with E-state index in [-0.39, 0.29) is 5.78 Å². The van der Waals surface area contributed by atoms with E-state index < -0.39 is 0 Å². The van der Waals surface area contributed by atoms with E-state index in [1.807, 2.05) is 24.4 Å². The predicted octanol–water partition coefficient (Wildman–Crippen LogP) is 3.08. The lowest BCUT2D eigenvalue weighted by atomic mass is 10.1. The van der Waals surface area contributed by atoms with Gasteiger partial charge in [-0.25, -0.2) is 0 Å². The molecule has 3 heterocycles. The van der Waals surface area contributed by atoms with Gasteiger partial charge in [-0.2, -0.15) is 0 Å². The van der Waals surface area contributed by atoms with E-state index in [1.165, 1.54) is 11.8 Å². The summed E-state index contributed by atoms with van der Waals surface area (Å²) in [5.41, 5.74) is 1.89. The molecule has 7 nitrogen and oxygen atoms in total. The Kier molecular flexibility index (Phi) is 6.32. The van der Waals surface area contributed by atoms with E-state index in [0.717, 1.165) is 73.4 Å². The number of benzene rings is 1. The number of ketones is 1. The minimum Gasteiger partial charge on any atom is -0.379 e. The maximum absolute atomic E-state index is 13.0. The van der Waals surface area contributed by atoms with Crippen molar-refractivity contribution in [1.82, 2.24) is 24.2 Å². The molecule has 8 heteroatoms. The quantitative estimate of drug-likeness (QED) is 0.418. The lowest BCUT2D eigenvalue weighted by Crippen LogP contribution is -2.36. The standard InChI is InChI=1S/C21H27N5O2S/c1-3-25-13-17(16-7-5-6-8-18(16)25)19(27)15-29-21-23-22-20(26(21)4-2)14-24-9-11-28-12-10-24/h5-8,13H,3-4,9-12,14-15H2,1-2H3. The van der Waals surface area contributed by atoms with Crippen LogP contribution in [0.5, 0.6) is 0 Å². The van der Waals surface area contributed by atoms with Gasteiger partial charge in [0.25, 0.3) is 0 Å². The number of ether oxygens (including phenoxy) is 1. The molecule has 0 saturated carbocycles. The number of aryl methyl sites for hydroxylation is 1. The van der Waals surface area contributed by atoms with E-state index in [1.54, 1.807) is 0 Å². The van der Waals surface area contributed by atoms with Gasteiger partial charge in [-0.15, -0.1) is 10.2 Å².